The molecule has 2 heterocycles. The van der Waals surface area contributed by atoms with Gasteiger partial charge < -0.3 is 5.11 Å². The maximum Gasteiger partial charge on any atom is 0.0854 e. The summed E-state index contributed by atoms with van der Waals surface area (Å²) >= 11 is 5.00. The number of hydrogen-bond donors (Lipinski definition) is 1. The van der Waals surface area contributed by atoms with Crippen LogP contribution in [0.2, 0.25) is 0 Å². The molecule has 0 saturated heterocycles. The van der Waals surface area contributed by atoms with Crippen molar-refractivity contribution in [2.45, 2.75) is 12.5 Å². The first-order valence-corrected chi connectivity index (χ1v) is 7.65. The molecule has 0 fully saturated rings. The van der Waals surface area contributed by atoms with Crippen LogP contribution in [0.5, 0.6) is 0 Å². The van der Waals surface area contributed by atoms with E-state index < -0.39 is 6.10 Å². The normalized spacial score (nSPS) is 13.0. The fraction of sp³-hybridized carbons (Fsp3) is 0.214. The van der Waals surface area contributed by atoms with Crippen LogP contribution in [0.4, 0.5) is 0 Å². The van der Waals surface area contributed by atoms with Crippen LogP contribution in [-0.4, -0.2) is 14.9 Å². The molecule has 3 rings (SSSR count). The van der Waals surface area contributed by atoms with Gasteiger partial charge in [0.25, 0.3) is 0 Å². The van der Waals surface area contributed by atoms with Gasteiger partial charge in [-0.25, -0.2) is 0 Å². The van der Waals surface area contributed by atoms with Gasteiger partial charge in [0.2, 0.25) is 0 Å². The van der Waals surface area contributed by atoms with Crippen LogP contribution in [-0.2, 0) is 13.5 Å². The van der Waals surface area contributed by atoms with Crippen LogP contribution >= 0.6 is 27.3 Å². The molecular formula is C14H13BrN2OS. The number of para-hydroxylation sites is 1. The number of nitrogens with zero attached hydrogens (tertiary/aromatic N) is 2. The summed E-state index contributed by atoms with van der Waals surface area (Å²) in [6.45, 7) is 0. The Morgan fingerprint density at radius 1 is 1.42 bits per heavy atom. The van der Waals surface area contributed by atoms with Crippen LogP contribution in [0.25, 0.3) is 10.9 Å². The van der Waals surface area contributed by atoms with Gasteiger partial charge in [-0.3, -0.25) is 4.68 Å². The quantitative estimate of drug-likeness (QED) is 0.792. The topological polar surface area (TPSA) is 38.0 Å². The van der Waals surface area contributed by atoms with E-state index in [1.165, 1.54) is 0 Å². The van der Waals surface area contributed by atoms with Crippen LogP contribution in [0, 0.1) is 0 Å². The number of hydrogen-bond acceptors (Lipinski definition) is 3. The summed E-state index contributed by atoms with van der Waals surface area (Å²) in [4.78, 5) is 0. The smallest absolute Gasteiger partial charge is 0.0854 e. The zero-order valence-electron chi connectivity index (χ0n) is 10.4. The molecule has 1 aromatic carbocycles. The zero-order valence-corrected chi connectivity index (χ0v) is 12.8. The third-order valence-electron chi connectivity index (χ3n) is 3.19. The van der Waals surface area contributed by atoms with Crippen molar-refractivity contribution in [2.24, 2.45) is 7.05 Å². The van der Waals surface area contributed by atoms with Gasteiger partial charge >= 0.3 is 0 Å². The summed E-state index contributed by atoms with van der Waals surface area (Å²) in [6.07, 6.45) is 0.0192. The SMILES string of the molecule is Cn1nc(CC(O)c2csc(Br)c2)c2ccccc21. The highest BCUT2D eigenvalue weighted by molar-refractivity contribution is 9.11. The van der Waals surface area contributed by atoms with E-state index in [9.17, 15) is 5.11 Å². The molecule has 0 radical (unpaired) electrons. The van der Waals surface area contributed by atoms with E-state index in [2.05, 4.69) is 21.0 Å². The molecule has 1 N–H and O–H groups in total. The number of halogens is 1. The lowest BCUT2D eigenvalue weighted by molar-refractivity contribution is 0.178. The number of benzene rings is 1. The standard InChI is InChI=1S/C14H13BrN2OS/c1-17-12-5-3-2-4-10(12)11(16-17)7-13(18)9-6-14(15)19-8-9/h2-6,8,13,18H,7H2,1H3. The lowest BCUT2D eigenvalue weighted by atomic mass is 10.1. The summed E-state index contributed by atoms with van der Waals surface area (Å²) in [5.74, 6) is 0. The van der Waals surface area contributed by atoms with E-state index in [-0.39, 0.29) is 0 Å². The number of rotatable bonds is 3. The maximum absolute atomic E-state index is 10.3. The fourth-order valence-corrected chi connectivity index (χ4v) is 3.46. The molecule has 0 amide bonds. The highest BCUT2D eigenvalue weighted by atomic mass is 79.9. The van der Waals surface area contributed by atoms with Gasteiger partial charge in [-0.15, -0.1) is 11.3 Å². The van der Waals surface area contributed by atoms with Crippen molar-refractivity contribution in [2.75, 3.05) is 0 Å². The summed E-state index contributed by atoms with van der Waals surface area (Å²) in [7, 11) is 1.93. The van der Waals surface area contributed by atoms with Gasteiger partial charge in [0, 0.05) is 18.9 Å². The monoisotopic (exact) mass is 336 g/mol. The number of aryl methyl sites for hydroxylation is 1. The summed E-state index contributed by atoms with van der Waals surface area (Å²) in [5.41, 5.74) is 2.97. The number of aromatic nitrogens is 2. The van der Waals surface area contributed by atoms with Gasteiger partial charge in [0.15, 0.2) is 0 Å². The van der Waals surface area contributed by atoms with E-state index in [1.807, 2.05) is 47.4 Å². The molecule has 3 aromatic rings. The Morgan fingerprint density at radius 2 is 2.21 bits per heavy atom. The average molecular weight is 337 g/mol. The summed E-state index contributed by atoms with van der Waals surface area (Å²) in [5, 5.41) is 17.9. The fourth-order valence-electron chi connectivity index (χ4n) is 2.24. The minimum absolute atomic E-state index is 0.513. The minimum atomic E-state index is -0.513. The number of thiophene rings is 1. The molecule has 0 saturated carbocycles. The van der Waals surface area contributed by atoms with Gasteiger partial charge in [0.1, 0.15) is 0 Å². The molecule has 0 spiro atoms. The molecular weight excluding hydrogens is 324 g/mol. The number of aliphatic hydroxyl groups excluding tert-OH is 1. The van der Waals surface area contributed by atoms with Crippen LogP contribution in [0.3, 0.4) is 0 Å². The molecule has 0 aliphatic carbocycles. The van der Waals surface area contributed by atoms with Crippen molar-refractivity contribution >= 4 is 38.2 Å². The van der Waals surface area contributed by atoms with Crippen LogP contribution < -0.4 is 0 Å². The largest absolute Gasteiger partial charge is 0.388 e. The van der Waals surface area contributed by atoms with Crippen molar-refractivity contribution in [3.8, 4) is 0 Å². The molecule has 98 valence electrons. The van der Waals surface area contributed by atoms with Crippen molar-refractivity contribution in [3.63, 3.8) is 0 Å². The van der Waals surface area contributed by atoms with Crippen molar-refractivity contribution < 1.29 is 5.11 Å². The van der Waals surface area contributed by atoms with Gasteiger partial charge in [0.05, 0.1) is 21.1 Å². The Balaban J connectivity index is 1.93. The summed E-state index contributed by atoms with van der Waals surface area (Å²) < 4.78 is 2.90. The van der Waals surface area contributed by atoms with Crippen LogP contribution in [0.1, 0.15) is 17.4 Å². The summed E-state index contributed by atoms with van der Waals surface area (Å²) in [6, 6.07) is 10.1. The third-order valence-corrected chi connectivity index (χ3v) is 4.72. The minimum Gasteiger partial charge on any atom is -0.388 e. The molecule has 1 unspecified atom stereocenters. The first kappa shape index (κ1) is 12.8. The molecule has 1 atom stereocenters. The number of aliphatic hydroxyl groups is 1. The molecule has 2 aromatic heterocycles. The first-order valence-electron chi connectivity index (χ1n) is 5.98. The highest BCUT2D eigenvalue weighted by Crippen LogP contribution is 2.28. The Morgan fingerprint density at radius 3 is 2.95 bits per heavy atom. The molecule has 0 aliphatic heterocycles. The average Bonchev–Trinajstić information content (AvgIpc) is 2.96. The second-order valence-corrected chi connectivity index (χ2v) is 6.78. The Kier molecular flexibility index (Phi) is 3.43. The first-order chi connectivity index (χ1) is 9.15. The highest BCUT2D eigenvalue weighted by Gasteiger charge is 2.15. The lowest BCUT2D eigenvalue weighted by Crippen LogP contribution is -2.02. The molecule has 0 aliphatic rings. The Bertz CT molecular complexity index is 719. The van der Waals surface area contributed by atoms with E-state index in [0.717, 1.165) is 25.9 Å². The maximum atomic E-state index is 10.3. The van der Waals surface area contributed by atoms with E-state index in [1.54, 1.807) is 11.3 Å². The second-order valence-electron chi connectivity index (χ2n) is 4.49. The zero-order chi connectivity index (χ0) is 13.4. The van der Waals surface area contributed by atoms with E-state index >= 15 is 0 Å². The predicted octanol–water partition coefficient (Wildman–Crippen LogP) is 3.67. The molecule has 3 nitrogen and oxygen atoms in total. The van der Waals surface area contributed by atoms with Gasteiger partial charge in [-0.2, -0.15) is 5.10 Å². The van der Waals surface area contributed by atoms with Crippen molar-refractivity contribution in [3.05, 3.63) is 50.8 Å². The number of fused-ring (bicyclic) bond motifs is 1. The lowest BCUT2D eigenvalue weighted by Gasteiger charge is -2.06. The van der Waals surface area contributed by atoms with Crippen LogP contribution in [0.15, 0.2) is 39.5 Å². The third kappa shape index (κ3) is 2.45. The predicted molar refractivity (Wildman–Crippen MR) is 81.4 cm³/mol. The Hall–Kier alpha value is -1.17. The van der Waals surface area contributed by atoms with E-state index in [0.29, 0.717) is 6.42 Å². The second kappa shape index (κ2) is 5.07. The van der Waals surface area contributed by atoms with E-state index in [4.69, 9.17) is 0 Å². The van der Waals surface area contributed by atoms with Crippen molar-refractivity contribution in [1.29, 1.82) is 0 Å². The Labute approximate surface area is 123 Å². The van der Waals surface area contributed by atoms with Gasteiger partial charge in [-0.05, 0) is 39.0 Å². The molecule has 19 heavy (non-hydrogen) atoms. The van der Waals surface area contributed by atoms with Gasteiger partial charge in [-0.1, -0.05) is 18.2 Å². The molecule has 0 bridgehead atoms. The molecule has 5 heteroatoms. The van der Waals surface area contributed by atoms with Crippen molar-refractivity contribution in [1.82, 2.24) is 9.78 Å².